The summed E-state index contributed by atoms with van der Waals surface area (Å²) >= 11 is 0. The maximum Gasteiger partial charge on any atom is 0.133 e. The Morgan fingerprint density at radius 3 is 2.65 bits per heavy atom. The molecule has 0 fully saturated rings. The molecule has 2 aromatic heterocycles. The van der Waals surface area contributed by atoms with Crippen LogP contribution in [0.15, 0.2) is 10.6 Å². The Morgan fingerprint density at radius 1 is 1.30 bits per heavy atom. The van der Waals surface area contributed by atoms with Gasteiger partial charge in [-0.25, -0.2) is 0 Å². The first kappa shape index (κ1) is 14.7. The van der Waals surface area contributed by atoms with Gasteiger partial charge in [-0.05, 0) is 27.8 Å². The number of rotatable bonds is 6. The Balaban J connectivity index is 2.05. The van der Waals surface area contributed by atoms with Crippen molar-refractivity contribution in [2.24, 2.45) is 0 Å². The highest BCUT2D eigenvalue weighted by Gasteiger charge is 2.14. The minimum atomic E-state index is 0.107. The van der Waals surface area contributed by atoms with Crippen molar-refractivity contribution in [1.29, 1.82) is 0 Å². The maximum atomic E-state index is 9.03. The molecule has 6 nitrogen and oxygen atoms in total. The highest BCUT2D eigenvalue weighted by atomic mass is 16.5. The standard InChI is InChI=1S/C14H22N4O2/c1-10-7-13(16-20-10)8-17(4)9-14-11(2)15-18(5-6-19)12(14)3/h7,19H,5-6,8-9H2,1-4H3. The van der Waals surface area contributed by atoms with Crippen molar-refractivity contribution in [3.05, 3.63) is 34.5 Å². The lowest BCUT2D eigenvalue weighted by atomic mass is 10.2. The van der Waals surface area contributed by atoms with Gasteiger partial charge < -0.3 is 9.63 Å². The van der Waals surface area contributed by atoms with Crippen molar-refractivity contribution in [2.45, 2.75) is 40.4 Å². The van der Waals surface area contributed by atoms with E-state index in [-0.39, 0.29) is 6.61 Å². The zero-order valence-corrected chi connectivity index (χ0v) is 12.6. The molecule has 0 aliphatic rings. The number of nitrogens with zero attached hydrogens (tertiary/aromatic N) is 4. The third-order valence-electron chi connectivity index (χ3n) is 3.38. The van der Waals surface area contributed by atoms with Crippen LogP contribution in [0.3, 0.4) is 0 Å². The van der Waals surface area contributed by atoms with Crippen molar-refractivity contribution >= 4 is 0 Å². The molecule has 0 bridgehead atoms. The fraction of sp³-hybridized carbons (Fsp3) is 0.571. The molecule has 0 saturated carbocycles. The predicted molar refractivity (Wildman–Crippen MR) is 75.2 cm³/mol. The Labute approximate surface area is 119 Å². The SMILES string of the molecule is Cc1cc(CN(C)Cc2c(C)nn(CCO)c2C)no1. The maximum absolute atomic E-state index is 9.03. The molecule has 0 aliphatic heterocycles. The number of aliphatic hydroxyl groups excluding tert-OH is 1. The van der Waals surface area contributed by atoms with Gasteiger partial charge in [-0.15, -0.1) is 0 Å². The molecule has 0 aromatic carbocycles. The number of hydrogen-bond acceptors (Lipinski definition) is 5. The van der Waals surface area contributed by atoms with Gasteiger partial charge >= 0.3 is 0 Å². The van der Waals surface area contributed by atoms with Crippen LogP contribution < -0.4 is 0 Å². The summed E-state index contributed by atoms with van der Waals surface area (Å²) in [6.45, 7) is 8.12. The summed E-state index contributed by atoms with van der Waals surface area (Å²) in [5, 5.41) is 17.5. The Bertz CT molecular complexity index is 574. The van der Waals surface area contributed by atoms with Crippen molar-refractivity contribution in [3.63, 3.8) is 0 Å². The highest BCUT2D eigenvalue weighted by molar-refractivity contribution is 5.24. The van der Waals surface area contributed by atoms with Gasteiger partial charge in [0, 0.05) is 30.4 Å². The van der Waals surface area contributed by atoms with Gasteiger partial charge in [-0.2, -0.15) is 5.10 Å². The highest BCUT2D eigenvalue weighted by Crippen LogP contribution is 2.16. The van der Waals surface area contributed by atoms with E-state index < -0.39 is 0 Å². The van der Waals surface area contributed by atoms with Crippen LogP contribution in [0.2, 0.25) is 0 Å². The van der Waals surface area contributed by atoms with E-state index in [0.717, 1.165) is 35.9 Å². The first-order valence-electron chi connectivity index (χ1n) is 6.75. The molecular weight excluding hydrogens is 256 g/mol. The van der Waals surface area contributed by atoms with Crippen molar-refractivity contribution in [3.8, 4) is 0 Å². The summed E-state index contributed by atoms with van der Waals surface area (Å²) in [5.74, 6) is 0.830. The van der Waals surface area contributed by atoms with Gasteiger partial charge in [0.1, 0.15) is 5.76 Å². The molecule has 0 amide bonds. The third-order valence-corrected chi connectivity index (χ3v) is 3.38. The molecule has 2 aromatic rings. The van der Waals surface area contributed by atoms with Crippen LogP contribution in [0.1, 0.15) is 28.4 Å². The van der Waals surface area contributed by atoms with E-state index in [9.17, 15) is 0 Å². The zero-order valence-electron chi connectivity index (χ0n) is 12.6. The lowest BCUT2D eigenvalue weighted by Crippen LogP contribution is -2.18. The summed E-state index contributed by atoms with van der Waals surface area (Å²) in [6.07, 6.45) is 0. The first-order chi connectivity index (χ1) is 9.51. The minimum absolute atomic E-state index is 0.107. The Kier molecular flexibility index (Phi) is 4.57. The van der Waals surface area contributed by atoms with Gasteiger partial charge in [0.05, 0.1) is 24.5 Å². The lowest BCUT2D eigenvalue weighted by molar-refractivity contribution is 0.267. The monoisotopic (exact) mass is 278 g/mol. The average molecular weight is 278 g/mol. The summed E-state index contributed by atoms with van der Waals surface area (Å²) < 4.78 is 6.94. The smallest absolute Gasteiger partial charge is 0.133 e. The topological polar surface area (TPSA) is 67.3 Å². The molecule has 6 heteroatoms. The number of hydrogen-bond donors (Lipinski definition) is 1. The van der Waals surface area contributed by atoms with Crippen LogP contribution in [-0.2, 0) is 19.6 Å². The Hall–Kier alpha value is -1.66. The van der Waals surface area contributed by atoms with Crippen molar-refractivity contribution in [2.75, 3.05) is 13.7 Å². The zero-order chi connectivity index (χ0) is 14.7. The quantitative estimate of drug-likeness (QED) is 0.865. The van der Waals surface area contributed by atoms with Gasteiger partial charge in [0.2, 0.25) is 0 Å². The van der Waals surface area contributed by atoms with Crippen molar-refractivity contribution in [1.82, 2.24) is 19.8 Å². The largest absolute Gasteiger partial charge is 0.394 e. The van der Waals surface area contributed by atoms with Crippen LogP contribution in [0.5, 0.6) is 0 Å². The molecule has 0 saturated heterocycles. The summed E-state index contributed by atoms with van der Waals surface area (Å²) in [6, 6.07) is 1.95. The summed E-state index contributed by atoms with van der Waals surface area (Å²) in [4.78, 5) is 2.18. The van der Waals surface area contributed by atoms with Crippen molar-refractivity contribution < 1.29 is 9.63 Å². The van der Waals surface area contributed by atoms with Gasteiger partial charge in [-0.1, -0.05) is 5.16 Å². The molecular formula is C14H22N4O2. The first-order valence-corrected chi connectivity index (χ1v) is 6.75. The molecule has 0 spiro atoms. The average Bonchev–Trinajstić information content (AvgIpc) is 2.89. The molecule has 0 atom stereocenters. The van der Waals surface area contributed by atoms with E-state index in [1.807, 2.05) is 38.6 Å². The molecule has 1 N–H and O–H groups in total. The van der Waals surface area contributed by atoms with E-state index in [2.05, 4.69) is 15.2 Å². The molecule has 2 heterocycles. The van der Waals surface area contributed by atoms with Crippen LogP contribution in [0.25, 0.3) is 0 Å². The van der Waals surface area contributed by atoms with Gasteiger partial charge in [-0.3, -0.25) is 9.58 Å². The lowest BCUT2D eigenvalue weighted by Gasteiger charge is -2.15. The predicted octanol–water partition coefficient (Wildman–Crippen LogP) is 1.42. The molecule has 20 heavy (non-hydrogen) atoms. The van der Waals surface area contributed by atoms with Crippen LogP contribution in [-0.4, -0.2) is 38.6 Å². The second-order valence-corrected chi connectivity index (χ2v) is 5.20. The number of aliphatic hydroxyl groups is 1. The van der Waals surface area contributed by atoms with E-state index in [0.29, 0.717) is 6.54 Å². The Morgan fingerprint density at radius 2 is 2.05 bits per heavy atom. The fourth-order valence-corrected chi connectivity index (χ4v) is 2.37. The normalized spacial score (nSPS) is 11.5. The van der Waals surface area contributed by atoms with Crippen LogP contribution in [0.4, 0.5) is 0 Å². The minimum Gasteiger partial charge on any atom is -0.394 e. The van der Waals surface area contributed by atoms with E-state index in [4.69, 9.17) is 9.63 Å². The summed E-state index contributed by atoms with van der Waals surface area (Å²) in [7, 11) is 2.05. The van der Waals surface area contributed by atoms with E-state index in [1.54, 1.807) is 0 Å². The molecule has 0 aliphatic carbocycles. The van der Waals surface area contributed by atoms with Crippen LogP contribution in [0, 0.1) is 20.8 Å². The molecule has 0 radical (unpaired) electrons. The second-order valence-electron chi connectivity index (χ2n) is 5.20. The number of aryl methyl sites for hydroxylation is 2. The third kappa shape index (κ3) is 3.26. The van der Waals surface area contributed by atoms with Crippen LogP contribution >= 0.6 is 0 Å². The summed E-state index contributed by atoms with van der Waals surface area (Å²) in [5.41, 5.74) is 4.27. The molecule has 110 valence electrons. The van der Waals surface area contributed by atoms with Gasteiger partial charge in [0.25, 0.3) is 0 Å². The number of aromatic nitrogens is 3. The molecule has 2 rings (SSSR count). The fourth-order valence-electron chi connectivity index (χ4n) is 2.37. The van der Waals surface area contributed by atoms with Gasteiger partial charge in [0.15, 0.2) is 0 Å². The molecule has 0 unspecified atom stereocenters. The van der Waals surface area contributed by atoms with E-state index >= 15 is 0 Å². The second kappa shape index (κ2) is 6.19. The van der Waals surface area contributed by atoms with E-state index in [1.165, 1.54) is 5.56 Å².